The van der Waals surface area contributed by atoms with Crippen molar-refractivity contribution < 1.29 is 18.0 Å². The number of para-hydroxylation sites is 1. The number of aryl methyl sites for hydroxylation is 2. The number of rotatable bonds is 10. The molecule has 190 valence electrons. The number of nitrogens with one attached hydrogen (secondary N) is 1. The van der Waals surface area contributed by atoms with Crippen LogP contribution in [0.5, 0.6) is 0 Å². The minimum Gasteiger partial charge on any atom is -0.357 e. The summed E-state index contributed by atoms with van der Waals surface area (Å²) in [6.45, 7) is 5.27. The highest BCUT2D eigenvalue weighted by atomic mass is 32.2. The van der Waals surface area contributed by atoms with Gasteiger partial charge in [-0.2, -0.15) is 0 Å². The molecule has 0 radical (unpaired) electrons. The van der Waals surface area contributed by atoms with Gasteiger partial charge in [0.2, 0.25) is 11.8 Å². The van der Waals surface area contributed by atoms with E-state index < -0.39 is 28.5 Å². The molecule has 0 bridgehead atoms. The van der Waals surface area contributed by atoms with Gasteiger partial charge in [0.15, 0.2) is 0 Å². The molecule has 0 heterocycles. The van der Waals surface area contributed by atoms with Crippen LogP contribution < -0.4 is 9.62 Å². The molecule has 7 nitrogen and oxygen atoms in total. The molecule has 36 heavy (non-hydrogen) atoms. The summed E-state index contributed by atoms with van der Waals surface area (Å²) in [5.41, 5.74) is 3.16. The quantitative estimate of drug-likeness (QED) is 0.451. The molecule has 0 spiro atoms. The molecule has 0 saturated carbocycles. The Balaban J connectivity index is 2.05. The second-order valence-electron chi connectivity index (χ2n) is 8.60. The molecule has 3 rings (SSSR count). The summed E-state index contributed by atoms with van der Waals surface area (Å²) < 4.78 is 28.7. The Morgan fingerprint density at radius 2 is 1.53 bits per heavy atom. The lowest BCUT2D eigenvalue weighted by Crippen LogP contribution is -2.50. The Labute approximate surface area is 213 Å². The van der Waals surface area contributed by atoms with Crippen LogP contribution in [0.2, 0.25) is 0 Å². The van der Waals surface area contributed by atoms with Gasteiger partial charge in [0.1, 0.15) is 12.6 Å². The first-order chi connectivity index (χ1) is 17.2. The summed E-state index contributed by atoms with van der Waals surface area (Å²) in [6.07, 6.45) is 0.590. The fourth-order valence-corrected chi connectivity index (χ4v) is 5.44. The van der Waals surface area contributed by atoms with Gasteiger partial charge in [0.05, 0.1) is 10.6 Å². The van der Waals surface area contributed by atoms with Crippen LogP contribution in [-0.4, -0.2) is 44.8 Å². The lowest BCUT2D eigenvalue weighted by atomic mass is 10.1. The van der Waals surface area contributed by atoms with Crippen molar-refractivity contribution in [2.45, 2.75) is 44.7 Å². The Morgan fingerprint density at radius 3 is 2.14 bits per heavy atom. The van der Waals surface area contributed by atoms with Gasteiger partial charge in [-0.3, -0.25) is 13.9 Å². The third-order valence-electron chi connectivity index (χ3n) is 6.14. The normalized spacial score (nSPS) is 12.0. The van der Waals surface area contributed by atoms with E-state index >= 15 is 0 Å². The first-order valence-corrected chi connectivity index (χ1v) is 13.3. The van der Waals surface area contributed by atoms with Crippen molar-refractivity contribution in [1.29, 1.82) is 0 Å². The fourth-order valence-electron chi connectivity index (χ4n) is 3.97. The van der Waals surface area contributed by atoms with Crippen LogP contribution in [0.4, 0.5) is 5.69 Å². The molecular weight excluding hydrogens is 474 g/mol. The maximum absolute atomic E-state index is 13.8. The molecule has 0 fully saturated rings. The number of hydrogen-bond acceptors (Lipinski definition) is 4. The first kappa shape index (κ1) is 26.9. The molecule has 3 aromatic rings. The number of carbonyl (C=O) groups is 2. The van der Waals surface area contributed by atoms with Gasteiger partial charge in [-0.15, -0.1) is 0 Å². The Bertz CT molecular complexity index is 1290. The van der Waals surface area contributed by atoms with Gasteiger partial charge >= 0.3 is 0 Å². The third kappa shape index (κ3) is 6.12. The van der Waals surface area contributed by atoms with Crippen LogP contribution in [0.15, 0.2) is 83.8 Å². The second-order valence-corrected chi connectivity index (χ2v) is 10.5. The zero-order chi connectivity index (χ0) is 26.3. The fraction of sp³-hybridized carbons (Fsp3) is 0.286. The monoisotopic (exact) mass is 507 g/mol. The Morgan fingerprint density at radius 1 is 0.917 bits per heavy atom. The van der Waals surface area contributed by atoms with E-state index in [1.54, 1.807) is 37.3 Å². The number of benzene rings is 3. The number of nitrogens with zero attached hydrogens (tertiary/aromatic N) is 2. The highest BCUT2D eigenvalue weighted by Crippen LogP contribution is 2.28. The van der Waals surface area contributed by atoms with E-state index in [4.69, 9.17) is 0 Å². The van der Waals surface area contributed by atoms with E-state index in [-0.39, 0.29) is 17.3 Å². The summed E-state index contributed by atoms with van der Waals surface area (Å²) in [4.78, 5) is 27.8. The van der Waals surface area contributed by atoms with E-state index in [2.05, 4.69) is 5.32 Å². The number of anilines is 1. The standard InChI is InChI=1S/C28H33N3O4S/c1-5-24-11-9-10-14-26(24)31(36(34,35)25-12-7-6-8-13-25)20-27(32)30(22(3)28(33)29-4)19-23-17-15-21(2)16-18-23/h6-18,22H,5,19-20H2,1-4H3,(H,29,33)/t22-/m1/s1. The average molecular weight is 508 g/mol. The van der Waals surface area contributed by atoms with Crippen LogP contribution in [0.25, 0.3) is 0 Å². The molecule has 0 aromatic heterocycles. The summed E-state index contributed by atoms with van der Waals surface area (Å²) in [5.74, 6) is -0.807. The number of likely N-dealkylation sites (N-methyl/N-ethyl adjacent to an activating group) is 1. The van der Waals surface area contributed by atoms with Crippen molar-refractivity contribution in [3.8, 4) is 0 Å². The summed E-state index contributed by atoms with van der Waals surface area (Å²) >= 11 is 0. The minimum absolute atomic E-state index is 0.0909. The zero-order valence-corrected chi connectivity index (χ0v) is 22.0. The number of carbonyl (C=O) groups excluding carboxylic acids is 2. The third-order valence-corrected chi connectivity index (χ3v) is 7.91. The Hall–Kier alpha value is -3.65. The van der Waals surface area contributed by atoms with E-state index in [9.17, 15) is 18.0 Å². The van der Waals surface area contributed by atoms with Crippen LogP contribution >= 0.6 is 0 Å². The van der Waals surface area contributed by atoms with E-state index in [0.29, 0.717) is 12.1 Å². The molecule has 3 aromatic carbocycles. The van der Waals surface area contributed by atoms with Crippen LogP contribution in [0.3, 0.4) is 0 Å². The molecular formula is C28H33N3O4S. The molecule has 0 aliphatic rings. The lowest BCUT2D eigenvalue weighted by Gasteiger charge is -2.32. The number of sulfonamides is 1. The molecule has 0 unspecified atom stereocenters. The van der Waals surface area contributed by atoms with E-state index in [0.717, 1.165) is 21.0 Å². The van der Waals surface area contributed by atoms with Gasteiger partial charge in [-0.25, -0.2) is 8.42 Å². The molecule has 0 aliphatic heterocycles. The number of hydrogen-bond donors (Lipinski definition) is 1. The molecule has 0 aliphatic carbocycles. The molecule has 2 amide bonds. The van der Waals surface area contributed by atoms with Crippen LogP contribution in [-0.2, 0) is 32.6 Å². The van der Waals surface area contributed by atoms with Gasteiger partial charge in [0.25, 0.3) is 10.0 Å². The molecule has 8 heteroatoms. The van der Waals surface area contributed by atoms with Gasteiger partial charge in [-0.1, -0.05) is 73.2 Å². The van der Waals surface area contributed by atoms with Crippen LogP contribution in [0, 0.1) is 6.92 Å². The second kappa shape index (κ2) is 11.9. The predicted octanol–water partition coefficient (Wildman–Crippen LogP) is 3.92. The smallest absolute Gasteiger partial charge is 0.264 e. The summed E-state index contributed by atoms with van der Waals surface area (Å²) in [5, 5.41) is 2.59. The van der Waals surface area contributed by atoms with Crippen molar-refractivity contribution >= 4 is 27.5 Å². The van der Waals surface area contributed by atoms with Crippen molar-refractivity contribution in [1.82, 2.24) is 10.2 Å². The SMILES string of the molecule is CCc1ccccc1N(CC(=O)N(Cc1ccc(C)cc1)[C@H](C)C(=O)NC)S(=O)(=O)c1ccccc1. The summed E-state index contributed by atoms with van der Waals surface area (Å²) in [6, 6.07) is 22.1. The minimum atomic E-state index is -4.06. The molecule has 1 atom stereocenters. The van der Waals surface area contributed by atoms with Crippen molar-refractivity contribution in [3.05, 3.63) is 95.6 Å². The van der Waals surface area contributed by atoms with Crippen molar-refractivity contribution in [2.24, 2.45) is 0 Å². The van der Waals surface area contributed by atoms with Gasteiger partial charge < -0.3 is 10.2 Å². The van der Waals surface area contributed by atoms with Gasteiger partial charge in [-0.05, 0) is 49.6 Å². The summed E-state index contributed by atoms with van der Waals surface area (Å²) in [7, 11) is -2.55. The van der Waals surface area contributed by atoms with E-state index in [1.165, 1.54) is 24.1 Å². The van der Waals surface area contributed by atoms with Crippen molar-refractivity contribution in [3.63, 3.8) is 0 Å². The van der Waals surface area contributed by atoms with Crippen LogP contribution in [0.1, 0.15) is 30.5 Å². The first-order valence-electron chi connectivity index (χ1n) is 11.9. The maximum Gasteiger partial charge on any atom is 0.264 e. The lowest BCUT2D eigenvalue weighted by molar-refractivity contribution is -0.139. The Kier molecular flexibility index (Phi) is 8.88. The van der Waals surface area contributed by atoms with E-state index in [1.807, 2.05) is 50.2 Å². The molecule has 0 saturated heterocycles. The van der Waals surface area contributed by atoms with Gasteiger partial charge in [0, 0.05) is 13.6 Å². The number of amides is 2. The maximum atomic E-state index is 13.8. The zero-order valence-electron chi connectivity index (χ0n) is 21.1. The average Bonchev–Trinajstić information content (AvgIpc) is 2.90. The largest absolute Gasteiger partial charge is 0.357 e. The molecule has 1 N–H and O–H groups in total. The predicted molar refractivity (Wildman–Crippen MR) is 142 cm³/mol. The van der Waals surface area contributed by atoms with Crippen molar-refractivity contribution in [2.75, 3.05) is 17.9 Å². The highest BCUT2D eigenvalue weighted by Gasteiger charge is 2.32. The highest BCUT2D eigenvalue weighted by molar-refractivity contribution is 7.92. The topological polar surface area (TPSA) is 86.8 Å².